The zero-order chi connectivity index (χ0) is 17.2. The molecule has 0 saturated heterocycles. The number of hydrogen-bond donors (Lipinski definition) is 2. The van der Waals surface area contributed by atoms with Crippen LogP contribution < -0.4 is 10.6 Å². The number of nitrogens with one attached hydrogen (secondary N) is 2. The Morgan fingerprint density at radius 1 is 1.17 bits per heavy atom. The Morgan fingerprint density at radius 2 is 1.87 bits per heavy atom. The highest BCUT2D eigenvalue weighted by Gasteiger charge is 2.16. The van der Waals surface area contributed by atoms with Crippen LogP contribution in [0.4, 0.5) is 11.6 Å². The molecule has 1 heterocycles. The molecule has 6 heteroatoms. The second-order valence-corrected chi connectivity index (χ2v) is 6.87. The lowest BCUT2D eigenvalue weighted by molar-refractivity contribution is 0.102. The van der Waals surface area contributed by atoms with Crippen LogP contribution in [0.15, 0.2) is 24.3 Å². The van der Waals surface area contributed by atoms with Crippen LogP contribution in [0.5, 0.6) is 0 Å². The first-order valence-electron chi connectivity index (χ1n) is 7.36. The summed E-state index contributed by atoms with van der Waals surface area (Å²) in [7, 11) is 0. The standard InChI is InChI=1S/C17H21ClN4O/c1-10-9-14(21-16(19-10)22-17(3,4)5)15(23)20-13-8-6-7-12(18)11(13)2/h6-9H,1-5H3,(H,20,23)(H,19,21,22). The van der Waals surface area contributed by atoms with Crippen molar-refractivity contribution in [1.82, 2.24) is 9.97 Å². The SMILES string of the molecule is Cc1cc(C(=O)Nc2cccc(Cl)c2C)nc(NC(C)(C)C)n1. The van der Waals surface area contributed by atoms with Gasteiger partial charge in [-0.2, -0.15) is 0 Å². The summed E-state index contributed by atoms with van der Waals surface area (Å²) in [5, 5.41) is 6.63. The highest BCUT2D eigenvalue weighted by Crippen LogP contribution is 2.23. The van der Waals surface area contributed by atoms with Crippen molar-refractivity contribution in [2.75, 3.05) is 10.6 Å². The van der Waals surface area contributed by atoms with Gasteiger partial charge in [0.2, 0.25) is 5.95 Å². The Hall–Kier alpha value is -2.14. The summed E-state index contributed by atoms with van der Waals surface area (Å²) in [6, 6.07) is 7.04. The maximum absolute atomic E-state index is 12.5. The average molecular weight is 333 g/mol. The molecular formula is C17H21ClN4O. The molecule has 0 aliphatic carbocycles. The Morgan fingerprint density at radius 3 is 2.52 bits per heavy atom. The third-order valence-electron chi connectivity index (χ3n) is 3.09. The zero-order valence-corrected chi connectivity index (χ0v) is 14.7. The minimum Gasteiger partial charge on any atom is -0.350 e. The van der Waals surface area contributed by atoms with E-state index in [0.717, 1.165) is 11.3 Å². The normalized spacial score (nSPS) is 11.2. The summed E-state index contributed by atoms with van der Waals surface area (Å²) < 4.78 is 0. The Balaban J connectivity index is 2.27. The molecular weight excluding hydrogens is 312 g/mol. The van der Waals surface area contributed by atoms with E-state index in [1.165, 1.54) is 0 Å². The first-order chi connectivity index (χ1) is 10.7. The largest absolute Gasteiger partial charge is 0.350 e. The molecule has 2 N–H and O–H groups in total. The number of aromatic nitrogens is 2. The van der Waals surface area contributed by atoms with Crippen LogP contribution >= 0.6 is 11.6 Å². The van der Waals surface area contributed by atoms with Gasteiger partial charge in [0.05, 0.1) is 0 Å². The highest BCUT2D eigenvalue weighted by atomic mass is 35.5. The molecule has 0 atom stereocenters. The second kappa shape index (κ2) is 6.54. The fraction of sp³-hybridized carbons (Fsp3) is 0.353. The van der Waals surface area contributed by atoms with Crippen molar-refractivity contribution in [1.29, 1.82) is 0 Å². The molecule has 1 amide bonds. The monoisotopic (exact) mass is 332 g/mol. The molecule has 0 spiro atoms. The van der Waals surface area contributed by atoms with Crippen molar-refractivity contribution in [3.8, 4) is 0 Å². The molecule has 1 aromatic carbocycles. The number of carbonyl (C=O) groups excluding carboxylic acids is 1. The van der Waals surface area contributed by atoms with Gasteiger partial charge in [0, 0.05) is 21.9 Å². The van der Waals surface area contributed by atoms with Crippen LogP contribution in [0.2, 0.25) is 5.02 Å². The van der Waals surface area contributed by atoms with Crippen molar-refractivity contribution in [3.63, 3.8) is 0 Å². The van der Waals surface area contributed by atoms with Gasteiger partial charge < -0.3 is 10.6 Å². The molecule has 23 heavy (non-hydrogen) atoms. The first kappa shape index (κ1) is 17.2. The third-order valence-corrected chi connectivity index (χ3v) is 3.50. The predicted molar refractivity (Wildman–Crippen MR) is 94.3 cm³/mol. The van der Waals surface area contributed by atoms with Gasteiger partial charge >= 0.3 is 0 Å². The van der Waals surface area contributed by atoms with E-state index in [2.05, 4.69) is 20.6 Å². The van der Waals surface area contributed by atoms with E-state index >= 15 is 0 Å². The van der Waals surface area contributed by atoms with Crippen molar-refractivity contribution in [3.05, 3.63) is 46.2 Å². The molecule has 2 rings (SSSR count). The molecule has 0 aliphatic heterocycles. The van der Waals surface area contributed by atoms with Gasteiger partial charge in [0.25, 0.3) is 5.91 Å². The van der Waals surface area contributed by atoms with Gasteiger partial charge in [-0.25, -0.2) is 9.97 Å². The maximum atomic E-state index is 12.5. The minimum absolute atomic E-state index is 0.189. The number of aryl methyl sites for hydroxylation is 1. The molecule has 122 valence electrons. The number of rotatable bonds is 3. The summed E-state index contributed by atoms with van der Waals surface area (Å²) in [6.45, 7) is 9.71. The van der Waals surface area contributed by atoms with Crippen molar-refractivity contribution in [2.24, 2.45) is 0 Å². The number of hydrogen-bond acceptors (Lipinski definition) is 4. The number of anilines is 2. The van der Waals surface area contributed by atoms with Gasteiger partial charge in [-0.15, -0.1) is 0 Å². The van der Waals surface area contributed by atoms with Gasteiger partial charge in [-0.1, -0.05) is 17.7 Å². The molecule has 0 unspecified atom stereocenters. The van der Waals surface area contributed by atoms with E-state index in [1.807, 2.05) is 40.7 Å². The van der Waals surface area contributed by atoms with Crippen LogP contribution in [0.25, 0.3) is 0 Å². The molecule has 0 saturated carbocycles. The van der Waals surface area contributed by atoms with E-state index in [0.29, 0.717) is 22.4 Å². The van der Waals surface area contributed by atoms with E-state index in [4.69, 9.17) is 11.6 Å². The van der Waals surface area contributed by atoms with Gasteiger partial charge in [-0.05, 0) is 58.4 Å². The quantitative estimate of drug-likeness (QED) is 0.883. The molecule has 5 nitrogen and oxygen atoms in total. The number of amides is 1. The molecule has 0 bridgehead atoms. The Bertz CT molecular complexity index is 738. The maximum Gasteiger partial charge on any atom is 0.274 e. The van der Waals surface area contributed by atoms with Crippen molar-refractivity contribution < 1.29 is 4.79 Å². The van der Waals surface area contributed by atoms with E-state index in [9.17, 15) is 4.79 Å². The molecule has 0 fully saturated rings. The van der Waals surface area contributed by atoms with Crippen molar-refractivity contribution >= 4 is 29.1 Å². The molecule has 1 aromatic heterocycles. The Kier molecular flexibility index (Phi) is 4.90. The fourth-order valence-electron chi connectivity index (χ4n) is 2.01. The van der Waals surface area contributed by atoms with Crippen LogP contribution in [0.1, 0.15) is 42.5 Å². The van der Waals surface area contributed by atoms with Gasteiger partial charge in [0.1, 0.15) is 5.69 Å². The third kappa shape index (κ3) is 4.66. The molecule has 0 radical (unpaired) electrons. The number of benzene rings is 1. The van der Waals surface area contributed by atoms with Crippen LogP contribution in [-0.2, 0) is 0 Å². The summed E-state index contributed by atoms with van der Waals surface area (Å²) in [4.78, 5) is 21.1. The summed E-state index contributed by atoms with van der Waals surface area (Å²) in [5.74, 6) is 0.142. The van der Waals surface area contributed by atoms with Crippen molar-refractivity contribution in [2.45, 2.75) is 40.2 Å². The lowest BCUT2D eigenvalue weighted by Gasteiger charge is -2.21. The smallest absolute Gasteiger partial charge is 0.274 e. The second-order valence-electron chi connectivity index (χ2n) is 6.46. The summed E-state index contributed by atoms with van der Waals surface area (Å²) in [6.07, 6.45) is 0. The predicted octanol–water partition coefficient (Wildman–Crippen LogP) is 4.21. The van der Waals surface area contributed by atoms with Gasteiger partial charge in [-0.3, -0.25) is 4.79 Å². The first-order valence-corrected chi connectivity index (χ1v) is 7.74. The van der Waals surface area contributed by atoms with E-state index in [-0.39, 0.29) is 11.4 Å². The number of carbonyl (C=O) groups is 1. The lowest BCUT2D eigenvalue weighted by atomic mass is 10.1. The highest BCUT2D eigenvalue weighted by molar-refractivity contribution is 6.31. The van der Waals surface area contributed by atoms with Crippen LogP contribution in [0.3, 0.4) is 0 Å². The zero-order valence-electron chi connectivity index (χ0n) is 14.0. The van der Waals surface area contributed by atoms with E-state index < -0.39 is 0 Å². The number of nitrogens with zero attached hydrogens (tertiary/aromatic N) is 2. The average Bonchev–Trinajstić information content (AvgIpc) is 2.41. The molecule has 0 aliphatic rings. The fourth-order valence-corrected chi connectivity index (χ4v) is 2.18. The van der Waals surface area contributed by atoms with Crippen LogP contribution in [-0.4, -0.2) is 21.4 Å². The summed E-state index contributed by atoms with van der Waals surface area (Å²) >= 11 is 6.08. The summed E-state index contributed by atoms with van der Waals surface area (Å²) in [5.41, 5.74) is 2.33. The van der Waals surface area contributed by atoms with E-state index in [1.54, 1.807) is 18.2 Å². The molecule has 2 aromatic rings. The number of halogens is 1. The Labute approximate surface area is 141 Å². The van der Waals surface area contributed by atoms with Gasteiger partial charge in [0.15, 0.2) is 0 Å². The topological polar surface area (TPSA) is 66.9 Å². The minimum atomic E-state index is -0.294. The van der Waals surface area contributed by atoms with Crippen LogP contribution in [0, 0.1) is 13.8 Å². The lowest BCUT2D eigenvalue weighted by Crippen LogP contribution is -2.28.